The average molecular weight is 236 g/mol. The summed E-state index contributed by atoms with van der Waals surface area (Å²) in [4.78, 5) is 0. The highest BCUT2D eigenvalue weighted by Gasteiger charge is 2.08. The monoisotopic (exact) mass is 235 g/mol. The Hall–Kier alpha value is -1.35. The van der Waals surface area contributed by atoms with Crippen LogP contribution in [-0.4, -0.2) is 14.8 Å². The summed E-state index contributed by atoms with van der Waals surface area (Å²) in [6.07, 6.45) is 1.77. The lowest BCUT2D eigenvalue weighted by Gasteiger charge is -2.08. The first-order valence-corrected chi connectivity index (χ1v) is 5.67. The van der Waals surface area contributed by atoms with Gasteiger partial charge < -0.3 is 4.57 Å². The number of benzene rings is 1. The van der Waals surface area contributed by atoms with Gasteiger partial charge in [0.2, 0.25) is 0 Å². The van der Waals surface area contributed by atoms with Gasteiger partial charge in [-0.15, -0.1) is 10.2 Å². The molecule has 1 heterocycles. The van der Waals surface area contributed by atoms with Gasteiger partial charge in [-0.25, -0.2) is 0 Å². The maximum absolute atomic E-state index is 5.84. The van der Waals surface area contributed by atoms with Crippen LogP contribution in [0.4, 0.5) is 0 Å². The third kappa shape index (κ3) is 2.42. The average Bonchev–Trinajstić information content (AvgIpc) is 2.69. The molecule has 0 aliphatic rings. The Balaban J connectivity index is 2.20. The minimum atomic E-state index is 0.384. The van der Waals surface area contributed by atoms with E-state index in [0.29, 0.717) is 5.92 Å². The number of rotatable bonds is 3. The topological polar surface area (TPSA) is 30.7 Å². The van der Waals surface area contributed by atoms with Crippen molar-refractivity contribution in [1.82, 2.24) is 14.8 Å². The second-order valence-corrected chi connectivity index (χ2v) is 4.53. The molecule has 0 aliphatic heterocycles. The normalized spacial score (nSPS) is 11.0. The van der Waals surface area contributed by atoms with Gasteiger partial charge in [0.05, 0.1) is 6.54 Å². The lowest BCUT2D eigenvalue weighted by Crippen LogP contribution is -2.05. The summed E-state index contributed by atoms with van der Waals surface area (Å²) in [5.41, 5.74) is 1.20. The minimum absolute atomic E-state index is 0.384. The first-order chi connectivity index (χ1) is 7.66. The molecular weight excluding hydrogens is 222 g/mol. The van der Waals surface area contributed by atoms with Crippen LogP contribution in [0.15, 0.2) is 30.6 Å². The number of halogens is 1. The van der Waals surface area contributed by atoms with E-state index in [9.17, 15) is 0 Å². The quantitative estimate of drug-likeness (QED) is 0.819. The van der Waals surface area contributed by atoms with Gasteiger partial charge in [0, 0.05) is 10.9 Å². The molecule has 0 saturated carbocycles. The maximum Gasteiger partial charge on any atom is 0.135 e. The Morgan fingerprint density at radius 2 is 1.94 bits per heavy atom. The summed E-state index contributed by atoms with van der Waals surface area (Å²) in [6, 6.07) is 7.84. The van der Waals surface area contributed by atoms with E-state index in [1.807, 2.05) is 24.3 Å². The van der Waals surface area contributed by atoms with Crippen molar-refractivity contribution in [1.29, 1.82) is 0 Å². The van der Waals surface area contributed by atoms with E-state index in [2.05, 4.69) is 28.6 Å². The molecule has 1 aromatic heterocycles. The Morgan fingerprint density at radius 1 is 1.25 bits per heavy atom. The fourth-order valence-electron chi connectivity index (χ4n) is 1.62. The lowest BCUT2D eigenvalue weighted by molar-refractivity contribution is 0.669. The summed E-state index contributed by atoms with van der Waals surface area (Å²) in [7, 11) is 0. The number of hydrogen-bond donors (Lipinski definition) is 0. The molecule has 0 amide bonds. The van der Waals surface area contributed by atoms with E-state index in [4.69, 9.17) is 11.6 Å². The van der Waals surface area contributed by atoms with Crippen LogP contribution in [0.1, 0.15) is 31.2 Å². The molecule has 0 N–H and O–H groups in total. The van der Waals surface area contributed by atoms with Gasteiger partial charge >= 0.3 is 0 Å². The molecule has 1 aromatic carbocycles. The third-order valence-corrected chi connectivity index (χ3v) is 2.68. The molecule has 0 aliphatic carbocycles. The number of hydrogen-bond acceptors (Lipinski definition) is 2. The van der Waals surface area contributed by atoms with Crippen molar-refractivity contribution < 1.29 is 0 Å². The Kier molecular flexibility index (Phi) is 3.25. The summed E-state index contributed by atoms with van der Waals surface area (Å²) in [5, 5.41) is 8.82. The van der Waals surface area contributed by atoms with Crippen molar-refractivity contribution in [2.45, 2.75) is 26.3 Å². The molecule has 0 saturated heterocycles. The molecule has 0 spiro atoms. The van der Waals surface area contributed by atoms with Crippen LogP contribution in [0, 0.1) is 0 Å². The number of nitrogens with zero attached hydrogens (tertiary/aromatic N) is 3. The highest BCUT2D eigenvalue weighted by Crippen LogP contribution is 2.14. The zero-order valence-electron chi connectivity index (χ0n) is 9.39. The van der Waals surface area contributed by atoms with E-state index < -0.39 is 0 Å². The van der Waals surface area contributed by atoms with Crippen LogP contribution in [-0.2, 0) is 6.54 Å². The van der Waals surface area contributed by atoms with E-state index in [0.717, 1.165) is 17.4 Å². The summed E-state index contributed by atoms with van der Waals surface area (Å²) < 4.78 is 2.06. The standard InChI is InChI=1S/C12H14ClN3/c1-9(2)12-15-14-8-16(12)7-10-3-5-11(13)6-4-10/h3-6,8-9H,7H2,1-2H3. The SMILES string of the molecule is CC(C)c1nncn1Cc1ccc(Cl)cc1. The van der Waals surface area contributed by atoms with Crippen molar-refractivity contribution in [2.24, 2.45) is 0 Å². The predicted octanol–water partition coefficient (Wildman–Crippen LogP) is 3.10. The molecule has 0 fully saturated rings. The third-order valence-electron chi connectivity index (χ3n) is 2.43. The zero-order valence-corrected chi connectivity index (χ0v) is 10.1. The minimum Gasteiger partial charge on any atom is -0.313 e. The maximum atomic E-state index is 5.84. The molecular formula is C12H14ClN3. The molecule has 4 heteroatoms. The van der Waals surface area contributed by atoms with Crippen LogP contribution >= 0.6 is 11.6 Å². The molecule has 2 aromatic rings. The largest absolute Gasteiger partial charge is 0.313 e. The van der Waals surface area contributed by atoms with E-state index in [-0.39, 0.29) is 0 Å². The Morgan fingerprint density at radius 3 is 2.56 bits per heavy atom. The molecule has 0 atom stereocenters. The molecule has 0 bridgehead atoms. The van der Waals surface area contributed by atoms with E-state index >= 15 is 0 Å². The Labute approximate surface area is 100 Å². The van der Waals surface area contributed by atoms with Gasteiger partial charge in [0.25, 0.3) is 0 Å². The molecule has 16 heavy (non-hydrogen) atoms. The molecule has 0 unspecified atom stereocenters. The van der Waals surface area contributed by atoms with Gasteiger partial charge in [-0.2, -0.15) is 0 Å². The van der Waals surface area contributed by atoms with Crippen molar-refractivity contribution >= 4 is 11.6 Å². The highest BCUT2D eigenvalue weighted by atomic mass is 35.5. The molecule has 3 nitrogen and oxygen atoms in total. The van der Waals surface area contributed by atoms with Crippen LogP contribution in [0.2, 0.25) is 5.02 Å². The van der Waals surface area contributed by atoms with Crippen molar-refractivity contribution in [3.8, 4) is 0 Å². The second-order valence-electron chi connectivity index (χ2n) is 4.10. The van der Waals surface area contributed by atoms with Gasteiger partial charge in [0.15, 0.2) is 0 Å². The van der Waals surface area contributed by atoms with Crippen LogP contribution in [0.3, 0.4) is 0 Å². The van der Waals surface area contributed by atoms with Gasteiger partial charge in [-0.3, -0.25) is 0 Å². The van der Waals surface area contributed by atoms with Crippen LogP contribution in [0.25, 0.3) is 0 Å². The van der Waals surface area contributed by atoms with Crippen molar-refractivity contribution in [3.63, 3.8) is 0 Å². The zero-order chi connectivity index (χ0) is 11.5. The second kappa shape index (κ2) is 4.66. The summed E-state index contributed by atoms with van der Waals surface area (Å²) in [6.45, 7) is 5.02. The van der Waals surface area contributed by atoms with Crippen molar-refractivity contribution in [2.75, 3.05) is 0 Å². The first-order valence-electron chi connectivity index (χ1n) is 5.29. The highest BCUT2D eigenvalue weighted by molar-refractivity contribution is 6.30. The fraction of sp³-hybridized carbons (Fsp3) is 0.333. The van der Waals surface area contributed by atoms with E-state index in [1.165, 1.54) is 5.56 Å². The van der Waals surface area contributed by atoms with Crippen LogP contribution in [0.5, 0.6) is 0 Å². The van der Waals surface area contributed by atoms with Crippen molar-refractivity contribution in [3.05, 3.63) is 47.0 Å². The van der Waals surface area contributed by atoms with E-state index in [1.54, 1.807) is 6.33 Å². The first kappa shape index (κ1) is 11.1. The summed E-state index contributed by atoms with van der Waals surface area (Å²) >= 11 is 5.84. The fourth-order valence-corrected chi connectivity index (χ4v) is 1.75. The number of aromatic nitrogens is 3. The van der Waals surface area contributed by atoms with Gasteiger partial charge in [0.1, 0.15) is 12.2 Å². The lowest BCUT2D eigenvalue weighted by atomic mass is 10.2. The van der Waals surface area contributed by atoms with Gasteiger partial charge in [-0.1, -0.05) is 37.6 Å². The molecule has 0 radical (unpaired) electrons. The Bertz CT molecular complexity index is 459. The predicted molar refractivity (Wildman–Crippen MR) is 64.7 cm³/mol. The molecule has 84 valence electrons. The summed E-state index contributed by atoms with van der Waals surface area (Å²) in [5.74, 6) is 1.39. The van der Waals surface area contributed by atoms with Gasteiger partial charge in [-0.05, 0) is 17.7 Å². The molecule has 2 rings (SSSR count). The van der Waals surface area contributed by atoms with Crippen LogP contribution < -0.4 is 0 Å². The smallest absolute Gasteiger partial charge is 0.135 e.